The second-order valence-corrected chi connectivity index (χ2v) is 7.04. The van der Waals surface area contributed by atoms with Crippen molar-refractivity contribution in [1.82, 2.24) is 4.90 Å². The third-order valence-electron chi connectivity index (χ3n) is 3.53. The second-order valence-electron chi connectivity index (χ2n) is 5.36. The molecule has 1 aromatic rings. The van der Waals surface area contributed by atoms with Gasteiger partial charge in [-0.25, -0.2) is 4.79 Å². The van der Waals surface area contributed by atoms with Gasteiger partial charge in [0.2, 0.25) is 0 Å². The Labute approximate surface area is 156 Å². The number of thioether (sulfide) groups is 1. The zero-order valence-corrected chi connectivity index (χ0v) is 15.4. The van der Waals surface area contributed by atoms with Gasteiger partial charge in [0, 0.05) is 0 Å². The number of nitrogens with zero attached hydrogens (tertiary/aromatic N) is 1. The lowest BCUT2D eigenvalue weighted by atomic mass is 10.1. The molecule has 5 nitrogen and oxygen atoms in total. The molecule has 132 valence electrons. The molecular formula is C18H19NO4S2. The van der Waals surface area contributed by atoms with Crippen molar-refractivity contribution in [2.45, 2.75) is 25.8 Å². The fourth-order valence-corrected chi connectivity index (χ4v) is 3.71. The van der Waals surface area contributed by atoms with Crippen LogP contribution >= 0.6 is 24.0 Å². The Morgan fingerprint density at radius 3 is 2.68 bits per heavy atom. The van der Waals surface area contributed by atoms with Crippen molar-refractivity contribution in [3.05, 3.63) is 47.4 Å². The average Bonchev–Trinajstić information content (AvgIpc) is 2.86. The van der Waals surface area contributed by atoms with Crippen LogP contribution in [0.5, 0.6) is 5.75 Å². The summed E-state index contributed by atoms with van der Waals surface area (Å²) in [6, 6.07) is 6.33. The van der Waals surface area contributed by atoms with Crippen molar-refractivity contribution in [2.75, 3.05) is 6.61 Å². The van der Waals surface area contributed by atoms with Gasteiger partial charge in [-0.1, -0.05) is 62.1 Å². The number of rotatable bonds is 8. The second kappa shape index (κ2) is 8.82. The summed E-state index contributed by atoms with van der Waals surface area (Å²) in [5, 5.41) is 9.37. The van der Waals surface area contributed by atoms with E-state index in [0.29, 0.717) is 30.1 Å². The number of amides is 1. The maximum Gasteiger partial charge on any atom is 0.326 e. The van der Waals surface area contributed by atoms with Crippen molar-refractivity contribution >= 4 is 46.3 Å². The zero-order chi connectivity index (χ0) is 18.4. The topological polar surface area (TPSA) is 66.8 Å². The monoisotopic (exact) mass is 377 g/mol. The number of thiocarbonyl (C=S) groups is 1. The highest BCUT2D eigenvalue weighted by Crippen LogP contribution is 2.35. The lowest BCUT2D eigenvalue weighted by molar-refractivity contribution is -0.145. The zero-order valence-electron chi connectivity index (χ0n) is 13.8. The summed E-state index contributed by atoms with van der Waals surface area (Å²) in [4.78, 5) is 25.7. The van der Waals surface area contributed by atoms with Crippen molar-refractivity contribution in [3.8, 4) is 5.75 Å². The molecule has 0 spiro atoms. The molecule has 1 heterocycles. The molecule has 0 bridgehead atoms. The minimum atomic E-state index is -1.04. The molecule has 1 amide bonds. The highest BCUT2D eigenvalue weighted by atomic mass is 32.2. The number of carboxylic acid groups (broad SMARTS) is 1. The van der Waals surface area contributed by atoms with Crippen LogP contribution in [0.3, 0.4) is 0 Å². The Morgan fingerprint density at radius 2 is 2.12 bits per heavy atom. The van der Waals surface area contributed by atoms with Crippen molar-refractivity contribution in [2.24, 2.45) is 0 Å². The summed E-state index contributed by atoms with van der Waals surface area (Å²) in [6.45, 7) is 5.89. The summed E-state index contributed by atoms with van der Waals surface area (Å²) in [5.41, 5.74) is 0.814. The Balaban J connectivity index is 2.19. The third kappa shape index (κ3) is 4.70. The summed E-state index contributed by atoms with van der Waals surface area (Å²) in [6.07, 6.45) is 4.39. The summed E-state index contributed by atoms with van der Waals surface area (Å²) < 4.78 is 5.70. The van der Waals surface area contributed by atoms with E-state index in [9.17, 15) is 14.7 Å². The van der Waals surface area contributed by atoms with Gasteiger partial charge in [-0.3, -0.25) is 9.69 Å². The summed E-state index contributed by atoms with van der Waals surface area (Å²) in [5.74, 6) is -0.690. The standard InChI is InChI=1S/C18H19NO4S2/c1-3-5-14(17(21)22)19-16(20)15(25-18(19)24)11-12-6-8-13(9-7-12)23-10-4-2/h4,6-9,11,14H,2-3,5,10H2,1H3,(H,21,22)/b15-11-. The number of carbonyl (C=O) groups excluding carboxylic acids is 1. The molecule has 0 aliphatic carbocycles. The fraction of sp³-hybridized carbons (Fsp3) is 0.278. The molecule has 2 rings (SSSR count). The van der Waals surface area contributed by atoms with Crippen LogP contribution in [0.1, 0.15) is 25.3 Å². The molecule has 1 saturated heterocycles. The van der Waals surface area contributed by atoms with E-state index >= 15 is 0 Å². The first kappa shape index (κ1) is 19.2. The third-order valence-corrected chi connectivity index (χ3v) is 4.86. The predicted molar refractivity (Wildman–Crippen MR) is 103 cm³/mol. The average molecular weight is 377 g/mol. The van der Waals surface area contributed by atoms with Crippen LogP contribution in [-0.2, 0) is 9.59 Å². The van der Waals surface area contributed by atoms with E-state index in [-0.39, 0.29) is 10.2 Å². The van der Waals surface area contributed by atoms with Crippen LogP contribution in [0.2, 0.25) is 0 Å². The van der Waals surface area contributed by atoms with Crippen LogP contribution in [0.15, 0.2) is 41.8 Å². The minimum absolute atomic E-state index is 0.281. The van der Waals surface area contributed by atoms with Crippen LogP contribution in [0, 0.1) is 0 Å². The Morgan fingerprint density at radius 1 is 1.44 bits per heavy atom. The van der Waals surface area contributed by atoms with E-state index in [2.05, 4.69) is 6.58 Å². The molecule has 1 aliphatic heterocycles. The van der Waals surface area contributed by atoms with Crippen LogP contribution in [0.4, 0.5) is 0 Å². The Bertz CT molecular complexity index is 712. The smallest absolute Gasteiger partial charge is 0.326 e. The molecule has 1 unspecified atom stereocenters. The van der Waals surface area contributed by atoms with Crippen molar-refractivity contribution in [1.29, 1.82) is 0 Å². The minimum Gasteiger partial charge on any atom is -0.490 e. The van der Waals surface area contributed by atoms with Crippen molar-refractivity contribution in [3.63, 3.8) is 0 Å². The first-order valence-corrected chi connectivity index (χ1v) is 9.04. The molecule has 7 heteroatoms. The number of aliphatic carboxylic acids is 1. The van der Waals surface area contributed by atoms with Crippen LogP contribution in [0.25, 0.3) is 6.08 Å². The van der Waals surface area contributed by atoms with E-state index in [4.69, 9.17) is 17.0 Å². The van der Waals surface area contributed by atoms with E-state index in [0.717, 1.165) is 17.3 Å². The molecule has 1 aromatic carbocycles. The Kier molecular flexibility index (Phi) is 6.78. The van der Waals surface area contributed by atoms with Gasteiger partial charge in [0.25, 0.3) is 5.91 Å². The van der Waals surface area contributed by atoms with E-state index in [1.54, 1.807) is 24.3 Å². The predicted octanol–water partition coefficient (Wildman–Crippen LogP) is 3.71. The SMILES string of the molecule is C=CCOc1ccc(/C=C2\SC(=S)N(C(CCC)C(=O)O)C2=O)cc1. The van der Waals surface area contributed by atoms with Gasteiger partial charge >= 0.3 is 5.97 Å². The molecule has 0 saturated carbocycles. The summed E-state index contributed by atoms with van der Waals surface area (Å²) in [7, 11) is 0. The number of carboxylic acids is 1. The first-order chi connectivity index (χ1) is 12.0. The molecule has 1 N–H and O–H groups in total. The van der Waals surface area contributed by atoms with E-state index in [1.807, 2.05) is 19.1 Å². The molecule has 1 aliphatic rings. The van der Waals surface area contributed by atoms with Crippen LogP contribution < -0.4 is 4.74 Å². The largest absolute Gasteiger partial charge is 0.490 e. The summed E-state index contributed by atoms with van der Waals surface area (Å²) >= 11 is 6.35. The molecular weight excluding hydrogens is 358 g/mol. The quantitative estimate of drug-likeness (QED) is 0.423. The fourth-order valence-electron chi connectivity index (χ4n) is 2.35. The van der Waals surface area contributed by atoms with Crippen molar-refractivity contribution < 1.29 is 19.4 Å². The normalized spacial score (nSPS) is 17.0. The first-order valence-electron chi connectivity index (χ1n) is 7.81. The number of hydrogen-bond acceptors (Lipinski definition) is 5. The molecule has 25 heavy (non-hydrogen) atoms. The van der Waals surface area contributed by atoms with Gasteiger partial charge in [0.15, 0.2) is 0 Å². The number of ether oxygens (including phenoxy) is 1. The highest BCUT2D eigenvalue weighted by Gasteiger charge is 2.39. The van der Waals surface area contributed by atoms with Crippen LogP contribution in [-0.4, -0.2) is 38.9 Å². The Hall–Kier alpha value is -2.12. The van der Waals surface area contributed by atoms with E-state index < -0.39 is 12.0 Å². The van der Waals surface area contributed by atoms with Gasteiger partial charge in [-0.05, 0) is 30.2 Å². The van der Waals surface area contributed by atoms with Gasteiger partial charge in [0.05, 0.1) is 4.91 Å². The molecule has 1 atom stereocenters. The number of benzene rings is 1. The van der Waals surface area contributed by atoms with Gasteiger partial charge < -0.3 is 9.84 Å². The van der Waals surface area contributed by atoms with E-state index in [1.165, 1.54) is 4.90 Å². The lowest BCUT2D eigenvalue weighted by Gasteiger charge is -2.22. The van der Waals surface area contributed by atoms with Gasteiger partial charge in [-0.15, -0.1) is 0 Å². The lowest BCUT2D eigenvalue weighted by Crippen LogP contribution is -2.43. The number of hydrogen-bond donors (Lipinski definition) is 1. The van der Waals surface area contributed by atoms with Gasteiger partial charge in [0.1, 0.15) is 22.7 Å². The maximum absolute atomic E-state index is 12.6. The molecule has 0 aromatic heterocycles. The maximum atomic E-state index is 12.6. The molecule has 1 fully saturated rings. The highest BCUT2D eigenvalue weighted by molar-refractivity contribution is 8.26. The molecule has 0 radical (unpaired) electrons. The number of carbonyl (C=O) groups is 2. The van der Waals surface area contributed by atoms with Gasteiger partial charge in [-0.2, -0.15) is 0 Å².